The summed E-state index contributed by atoms with van der Waals surface area (Å²) < 4.78 is 16.4. The molecular weight excluding hydrogens is 315 g/mol. The second-order valence-corrected chi connectivity index (χ2v) is 5.56. The van der Waals surface area contributed by atoms with E-state index in [9.17, 15) is 4.39 Å². The van der Waals surface area contributed by atoms with E-state index in [1.54, 1.807) is 21.6 Å². The fourth-order valence-electron chi connectivity index (χ4n) is 1.67. The first kappa shape index (κ1) is 14.0. The van der Waals surface area contributed by atoms with Gasteiger partial charge in [-0.3, -0.25) is 0 Å². The Bertz CT molecular complexity index is 771. The molecule has 0 aliphatic heterocycles. The smallest absolute Gasteiger partial charge is 0.186 e. The number of halogens is 2. The molecule has 0 aliphatic carbocycles. The van der Waals surface area contributed by atoms with Crippen molar-refractivity contribution in [2.75, 3.05) is 0 Å². The second kappa shape index (κ2) is 5.82. The second-order valence-electron chi connectivity index (χ2n) is 4.21. The van der Waals surface area contributed by atoms with Crippen molar-refractivity contribution in [1.82, 2.24) is 29.8 Å². The first-order chi connectivity index (χ1) is 10.1. The molecule has 2 aromatic heterocycles. The van der Waals surface area contributed by atoms with E-state index in [0.29, 0.717) is 11.4 Å². The van der Waals surface area contributed by atoms with E-state index < -0.39 is 5.82 Å². The van der Waals surface area contributed by atoms with Gasteiger partial charge in [-0.25, -0.2) is 18.7 Å². The van der Waals surface area contributed by atoms with Crippen LogP contribution in [0.2, 0.25) is 5.02 Å². The van der Waals surface area contributed by atoms with Crippen LogP contribution in [0, 0.1) is 5.82 Å². The molecule has 0 saturated carbocycles. The van der Waals surface area contributed by atoms with Crippen LogP contribution in [0.25, 0.3) is 5.69 Å². The van der Waals surface area contributed by atoms with Crippen molar-refractivity contribution in [3.63, 3.8) is 0 Å². The standard InChI is InChI=1S/C12H10ClFN6S/c1-19-12(15-7-16-19)21-6-8-5-20(18-17-8)9-2-3-11(14)10(13)4-9/h2-5,7H,6H2,1H3. The van der Waals surface area contributed by atoms with E-state index >= 15 is 0 Å². The van der Waals surface area contributed by atoms with Crippen LogP contribution >= 0.6 is 23.4 Å². The number of aromatic nitrogens is 6. The van der Waals surface area contributed by atoms with E-state index in [0.717, 1.165) is 10.9 Å². The molecule has 21 heavy (non-hydrogen) atoms. The van der Waals surface area contributed by atoms with Crippen LogP contribution in [0.3, 0.4) is 0 Å². The third kappa shape index (κ3) is 3.06. The van der Waals surface area contributed by atoms with Gasteiger partial charge in [-0.2, -0.15) is 5.10 Å². The largest absolute Gasteiger partial charge is 0.244 e. The van der Waals surface area contributed by atoms with Gasteiger partial charge < -0.3 is 0 Å². The zero-order valence-electron chi connectivity index (χ0n) is 10.9. The van der Waals surface area contributed by atoms with Gasteiger partial charge in [0, 0.05) is 12.8 Å². The number of benzene rings is 1. The summed E-state index contributed by atoms with van der Waals surface area (Å²) in [6, 6.07) is 4.40. The van der Waals surface area contributed by atoms with Crippen LogP contribution in [0.4, 0.5) is 4.39 Å². The third-order valence-corrected chi connectivity index (χ3v) is 4.09. The minimum absolute atomic E-state index is 0.0537. The fourth-order valence-corrected chi connectivity index (χ4v) is 2.61. The summed E-state index contributed by atoms with van der Waals surface area (Å²) >= 11 is 7.27. The van der Waals surface area contributed by atoms with Crippen molar-refractivity contribution in [2.24, 2.45) is 7.05 Å². The SMILES string of the molecule is Cn1ncnc1SCc1cn(-c2ccc(F)c(Cl)c2)nn1. The highest BCUT2D eigenvalue weighted by Gasteiger charge is 2.08. The molecule has 0 saturated heterocycles. The molecule has 0 radical (unpaired) electrons. The van der Waals surface area contributed by atoms with Gasteiger partial charge in [0.25, 0.3) is 0 Å². The maximum absolute atomic E-state index is 13.1. The number of thioether (sulfide) groups is 1. The lowest BCUT2D eigenvalue weighted by Gasteiger charge is -2.01. The molecule has 9 heteroatoms. The molecule has 0 spiro atoms. The van der Waals surface area contributed by atoms with Gasteiger partial charge >= 0.3 is 0 Å². The van der Waals surface area contributed by atoms with Gasteiger partial charge in [-0.1, -0.05) is 28.6 Å². The minimum atomic E-state index is -0.460. The van der Waals surface area contributed by atoms with Crippen LogP contribution < -0.4 is 0 Å². The molecule has 0 aliphatic rings. The van der Waals surface area contributed by atoms with Crippen molar-refractivity contribution in [3.05, 3.63) is 47.3 Å². The maximum Gasteiger partial charge on any atom is 0.186 e. The Morgan fingerprint density at radius 2 is 2.24 bits per heavy atom. The monoisotopic (exact) mass is 324 g/mol. The highest BCUT2D eigenvalue weighted by Crippen LogP contribution is 2.21. The lowest BCUT2D eigenvalue weighted by Crippen LogP contribution is -1.95. The summed E-state index contributed by atoms with van der Waals surface area (Å²) in [6.07, 6.45) is 3.27. The van der Waals surface area contributed by atoms with Crippen LogP contribution in [0.5, 0.6) is 0 Å². The van der Waals surface area contributed by atoms with Crippen molar-refractivity contribution in [3.8, 4) is 5.69 Å². The Balaban J connectivity index is 1.74. The molecule has 0 amide bonds. The van der Waals surface area contributed by atoms with Crippen LogP contribution in [-0.4, -0.2) is 29.8 Å². The van der Waals surface area contributed by atoms with Gasteiger partial charge in [0.05, 0.1) is 22.6 Å². The third-order valence-electron chi connectivity index (χ3n) is 2.73. The molecule has 2 heterocycles. The number of aryl methyl sites for hydroxylation is 1. The summed E-state index contributed by atoms with van der Waals surface area (Å²) in [5, 5.41) is 12.9. The van der Waals surface area contributed by atoms with E-state index in [-0.39, 0.29) is 5.02 Å². The zero-order valence-corrected chi connectivity index (χ0v) is 12.5. The molecular formula is C12H10ClFN6S. The van der Waals surface area contributed by atoms with E-state index in [4.69, 9.17) is 11.6 Å². The molecule has 108 valence electrons. The zero-order chi connectivity index (χ0) is 14.8. The van der Waals surface area contributed by atoms with E-state index in [1.807, 2.05) is 7.05 Å². The van der Waals surface area contributed by atoms with Crippen LogP contribution in [-0.2, 0) is 12.8 Å². The molecule has 0 fully saturated rings. The Kier molecular flexibility index (Phi) is 3.89. The first-order valence-corrected chi connectivity index (χ1v) is 7.33. The molecule has 6 nitrogen and oxygen atoms in total. The van der Waals surface area contributed by atoms with Gasteiger partial charge in [-0.15, -0.1) is 5.10 Å². The predicted molar refractivity (Wildman–Crippen MR) is 76.9 cm³/mol. The van der Waals surface area contributed by atoms with Gasteiger partial charge in [0.2, 0.25) is 0 Å². The van der Waals surface area contributed by atoms with Crippen molar-refractivity contribution < 1.29 is 4.39 Å². The fraction of sp³-hybridized carbons (Fsp3) is 0.167. The van der Waals surface area contributed by atoms with Crippen molar-refractivity contribution in [2.45, 2.75) is 10.9 Å². The Hall–Kier alpha value is -1.93. The van der Waals surface area contributed by atoms with Crippen molar-refractivity contribution in [1.29, 1.82) is 0 Å². The van der Waals surface area contributed by atoms with Crippen LogP contribution in [0.1, 0.15) is 5.69 Å². The van der Waals surface area contributed by atoms with Crippen molar-refractivity contribution >= 4 is 23.4 Å². The lowest BCUT2D eigenvalue weighted by atomic mass is 10.3. The molecule has 1 aromatic carbocycles. The summed E-state index contributed by atoms with van der Waals surface area (Å²) in [6.45, 7) is 0. The number of hydrogen-bond acceptors (Lipinski definition) is 5. The number of rotatable bonds is 4. The molecule has 3 rings (SSSR count). The van der Waals surface area contributed by atoms with Gasteiger partial charge in [0.1, 0.15) is 12.1 Å². The summed E-state index contributed by atoms with van der Waals surface area (Å²) in [5.74, 6) is 0.153. The average Bonchev–Trinajstić information content (AvgIpc) is 3.09. The van der Waals surface area contributed by atoms with E-state index in [2.05, 4.69) is 20.4 Å². The average molecular weight is 325 g/mol. The molecule has 0 unspecified atom stereocenters. The summed E-state index contributed by atoms with van der Waals surface area (Å²) in [4.78, 5) is 4.12. The molecule has 0 N–H and O–H groups in total. The Morgan fingerprint density at radius 1 is 1.38 bits per heavy atom. The highest BCUT2D eigenvalue weighted by molar-refractivity contribution is 7.98. The first-order valence-electron chi connectivity index (χ1n) is 5.97. The minimum Gasteiger partial charge on any atom is -0.244 e. The highest BCUT2D eigenvalue weighted by atomic mass is 35.5. The molecule has 0 bridgehead atoms. The van der Waals surface area contributed by atoms with Gasteiger partial charge in [0.15, 0.2) is 5.16 Å². The molecule has 0 atom stereocenters. The quantitative estimate of drug-likeness (QED) is 0.690. The summed E-state index contributed by atoms with van der Waals surface area (Å²) in [5.41, 5.74) is 1.44. The lowest BCUT2D eigenvalue weighted by molar-refractivity contribution is 0.627. The van der Waals surface area contributed by atoms with E-state index in [1.165, 1.54) is 30.2 Å². The Morgan fingerprint density at radius 3 is 2.95 bits per heavy atom. The van der Waals surface area contributed by atoms with Crippen LogP contribution in [0.15, 0.2) is 35.9 Å². The number of hydrogen-bond donors (Lipinski definition) is 0. The normalized spacial score (nSPS) is 11.0. The van der Waals surface area contributed by atoms with Gasteiger partial charge in [-0.05, 0) is 18.2 Å². The molecule has 3 aromatic rings. The summed E-state index contributed by atoms with van der Waals surface area (Å²) in [7, 11) is 1.83. The Labute approximate surface area is 128 Å². The predicted octanol–water partition coefficient (Wildman–Crippen LogP) is 2.48. The topological polar surface area (TPSA) is 61.4 Å². The number of nitrogens with zero attached hydrogens (tertiary/aromatic N) is 6. The maximum atomic E-state index is 13.1.